The Balaban J connectivity index is 1.48. The van der Waals surface area contributed by atoms with Crippen LogP contribution in [0.4, 0.5) is 5.13 Å². The molecule has 0 radical (unpaired) electrons. The molecule has 0 bridgehead atoms. The summed E-state index contributed by atoms with van der Waals surface area (Å²) in [6.07, 6.45) is 0. The molecule has 0 fully saturated rings. The summed E-state index contributed by atoms with van der Waals surface area (Å²) in [5, 5.41) is 12.5. The number of benzene rings is 2. The molecule has 1 N–H and O–H groups in total. The lowest BCUT2D eigenvalue weighted by Crippen LogP contribution is -2.20. The Hall–Kier alpha value is -2.93. The van der Waals surface area contributed by atoms with Gasteiger partial charge in [-0.15, -0.1) is 10.2 Å². The number of ether oxygens (including phenoxy) is 2. The fraction of sp³-hybridized carbons (Fsp3) is 0.286. The van der Waals surface area contributed by atoms with Crippen molar-refractivity contribution in [1.29, 1.82) is 0 Å². The lowest BCUT2D eigenvalue weighted by molar-refractivity contribution is -0.117. The van der Waals surface area contributed by atoms with Crippen molar-refractivity contribution in [2.24, 2.45) is 0 Å². The highest BCUT2D eigenvalue weighted by Crippen LogP contribution is 2.34. The number of carbonyl (C=O) groups excluding carboxylic acids is 1. The average molecular weight is 395 g/mol. The molecule has 0 saturated heterocycles. The van der Waals surface area contributed by atoms with Gasteiger partial charge in [-0.1, -0.05) is 41.2 Å². The van der Waals surface area contributed by atoms with Gasteiger partial charge < -0.3 is 9.47 Å². The van der Waals surface area contributed by atoms with Crippen molar-refractivity contribution >= 4 is 22.4 Å². The zero-order valence-electron chi connectivity index (χ0n) is 16.0. The minimum atomic E-state index is -0.357. The molecule has 1 atom stereocenters. The maximum atomic E-state index is 12.7. The van der Waals surface area contributed by atoms with E-state index < -0.39 is 0 Å². The first-order valence-corrected chi connectivity index (χ1v) is 9.94. The average Bonchev–Trinajstić information content (AvgIpc) is 3.15. The summed E-state index contributed by atoms with van der Waals surface area (Å²) in [7, 11) is 0. The van der Waals surface area contributed by atoms with Gasteiger partial charge in [-0.3, -0.25) is 10.1 Å². The number of hydrogen-bond acceptors (Lipinski definition) is 6. The molecule has 6 nitrogen and oxygen atoms in total. The van der Waals surface area contributed by atoms with Gasteiger partial charge in [-0.2, -0.15) is 0 Å². The van der Waals surface area contributed by atoms with Gasteiger partial charge in [0.1, 0.15) is 18.2 Å². The minimum absolute atomic E-state index is 0.139. The van der Waals surface area contributed by atoms with Gasteiger partial charge in [0.15, 0.2) is 11.5 Å². The number of anilines is 1. The van der Waals surface area contributed by atoms with Crippen LogP contribution >= 0.6 is 11.3 Å². The van der Waals surface area contributed by atoms with Crippen LogP contribution in [0.2, 0.25) is 0 Å². The fourth-order valence-corrected chi connectivity index (χ4v) is 3.97. The van der Waals surface area contributed by atoms with E-state index in [0.717, 1.165) is 21.7 Å². The second-order valence-electron chi connectivity index (χ2n) is 6.84. The zero-order valence-corrected chi connectivity index (χ0v) is 16.8. The van der Waals surface area contributed by atoms with Crippen LogP contribution in [0.5, 0.6) is 11.5 Å². The number of nitrogens with zero attached hydrogens (tertiary/aromatic N) is 2. The maximum Gasteiger partial charge on any atom is 0.233 e. The monoisotopic (exact) mass is 395 g/mol. The third-order valence-corrected chi connectivity index (χ3v) is 5.60. The summed E-state index contributed by atoms with van der Waals surface area (Å²) in [6.45, 7) is 7.02. The number of carbonyl (C=O) groups is 1. The molecule has 1 aromatic heterocycles. The second-order valence-corrected chi connectivity index (χ2v) is 7.82. The number of nitrogens with one attached hydrogen (secondary N) is 1. The van der Waals surface area contributed by atoms with E-state index in [1.54, 1.807) is 0 Å². The van der Waals surface area contributed by atoms with E-state index in [1.807, 2.05) is 44.2 Å². The largest absolute Gasteiger partial charge is 0.486 e. The van der Waals surface area contributed by atoms with Crippen LogP contribution in [0.1, 0.15) is 29.5 Å². The topological polar surface area (TPSA) is 73.3 Å². The Morgan fingerprint density at radius 1 is 1.07 bits per heavy atom. The van der Waals surface area contributed by atoms with Gasteiger partial charge in [0, 0.05) is 5.56 Å². The Bertz CT molecular complexity index is 1030. The third-order valence-electron chi connectivity index (χ3n) is 4.73. The van der Waals surface area contributed by atoms with E-state index in [-0.39, 0.29) is 11.8 Å². The van der Waals surface area contributed by atoms with Crippen molar-refractivity contribution in [3.8, 4) is 22.1 Å². The molecule has 1 amide bonds. The van der Waals surface area contributed by atoms with Crippen LogP contribution < -0.4 is 14.8 Å². The van der Waals surface area contributed by atoms with E-state index in [9.17, 15) is 4.79 Å². The van der Waals surface area contributed by atoms with Crippen molar-refractivity contribution < 1.29 is 14.3 Å². The van der Waals surface area contributed by atoms with Crippen molar-refractivity contribution in [2.45, 2.75) is 26.7 Å². The van der Waals surface area contributed by atoms with E-state index in [2.05, 4.69) is 28.5 Å². The van der Waals surface area contributed by atoms with E-state index in [0.29, 0.717) is 29.8 Å². The van der Waals surface area contributed by atoms with Crippen molar-refractivity contribution in [3.05, 3.63) is 53.1 Å². The summed E-state index contributed by atoms with van der Waals surface area (Å²) in [5.41, 5.74) is 4.23. The third kappa shape index (κ3) is 3.71. The highest BCUT2D eigenvalue weighted by molar-refractivity contribution is 7.18. The van der Waals surface area contributed by atoms with Crippen LogP contribution in [-0.2, 0) is 4.79 Å². The summed E-state index contributed by atoms with van der Waals surface area (Å²) in [4.78, 5) is 12.7. The normalized spacial score (nSPS) is 13.8. The SMILES string of the molecule is Cc1ccc(-c2nnc(NC(=O)C(C)c3ccc4c(c3)OCCO4)s2)c(C)c1. The predicted octanol–water partition coefficient (Wildman–Crippen LogP) is 4.34. The van der Waals surface area contributed by atoms with E-state index in [1.165, 1.54) is 16.9 Å². The van der Waals surface area contributed by atoms with Crippen LogP contribution in [-0.4, -0.2) is 29.3 Å². The van der Waals surface area contributed by atoms with Crippen molar-refractivity contribution in [3.63, 3.8) is 0 Å². The maximum absolute atomic E-state index is 12.7. The highest BCUT2D eigenvalue weighted by Gasteiger charge is 2.21. The molecular weight excluding hydrogens is 374 g/mol. The quantitative estimate of drug-likeness (QED) is 0.712. The molecule has 1 aliphatic rings. The Labute approximate surface area is 167 Å². The Morgan fingerprint density at radius 2 is 1.86 bits per heavy atom. The van der Waals surface area contributed by atoms with Gasteiger partial charge in [0.25, 0.3) is 0 Å². The van der Waals surface area contributed by atoms with Crippen LogP contribution in [0, 0.1) is 13.8 Å². The molecule has 28 heavy (non-hydrogen) atoms. The summed E-state index contributed by atoms with van der Waals surface area (Å²) >= 11 is 1.37. The summed E-state index contributed by atoms with van der Waals surface area (Å²) in [6, 6.07) is 11.8. The highest BCUT2D eigenvalue weighted by atomic mass is 32.1. The molecule has 1 unspecified atom stereocenters. The fourth-order valence-electron chi connectivity index (χ4n) is 3.13. The van der Waals surface area contributed by atoms with E-state index in [4.69, 9.17) is 9.47 Å². The Morgan fingerprint density at radius 3 is 2.64 bits per heavy atom. The van der Waals surface area contributed by atoms with Gasteiger partial charge in [-0.05, 0) is 44.0 Å². The number of amides is 1. The molecule has 1 aliphatic heterocycles. The number of rotatable bonds is 4. The Kier molecular flexibility index (Phi) is 5.00. The molecule has 144 valence electrons. The van der Waals surface area contributed by atoms with Crippen LogP contribution in [0.3, 0.4) is 0 Å². The molecule has 0 spiro atoms. The predicted molar refractivity (Wildman–Crippen MR) is 109 cm³/mol. The molecule has 0 saturated carbocycles. The summed E-state index contributed by atoms with van der Waals surface area (Å²) < 4.78 is 11.1. The first-order valence-electron chi connectivity index (χ1n) is 9.13. The number of fused-ring (bicyclic) bond motifs is 1. The lowest BCUT2D eigenvalue weighted by atomic mass is 10.00. The van der Waals surface area contributed by atoms with Gasteiger partial charge in [0.05, 0.1) is 5.92 Å². The summed E-state index contributed by atoms with van der Waals surface area (Å²) in [5.74, 6) is 0.894. The van der Waals surface area contributed by atoms with E-state index >= 15 is 0 Å². The number of aryl methyl sites for hydroxylation is 2. The van der Waals surface area contributed by atoms with Gasteiger partial charge >= 0.3 is 0 Å². The molecular formula is C21H21N3O3S. The van der Waals surface area contributed by atoms with Crippen molar-refractivity contribution in [2.75, 3.05) is 18.5 Å². The van der Waals surface area contributed by atoms with Gasteiger partial charge in [0.2, 0.25) is 11.0 Å². The standard InChI is InChI=1S/C21H21N3O3S/c1-12-4-6-16(13(2)10-12)20-23-24-21(28-20)22-19(25)14(3)15-5-7-17-18(11-15)27-9-8-26-17/h4-7,10-11,14H,8-9H2,1-3H3,(H,22,24,25). The van der Waals surface area contributed by atoms with Gasteiger partial charge in [-0.25, -0.2) is 0 Å². The number of aromatic nitrogens is 2. The van der Waals surface area contributed by atoms with Crippen molar-refractivity contribution in [1.82, 2.24) is 10.2 Å². The first kappa shape index (κ1) is 18.4. The molecule has 0 aliphatic carbocycles. The molecule has 3 aromatic rings. The zero-order chi connectivity index (χ0) is 19.7. The molecule has 7 heteroatoms. The first-order chi connectivity index (χ1) is 13.5. The molecule has 2 aromatic carbocycles. The number of hydrogen-bond donors (Lipinski definition) is 1. The van der Waals surface area contributed by atoms with Crippen LogP contribution in [0.15, 0.2) is 36.4 Å². The molecule has 2 heterocycles. The second kappa shape index (κ2) is 7.59. The smallest absolute Gasteiger partial charge is 0.233 e. The minimum Gasteiger partial charge on any atom is -0.486 e. The lowest BCUT2D eigenvalue weighted by Gasteiger charge is -2.20. The molecule has 4 rings (SSSR count). The van der Waals surface area contributed by atoms with Crippen LogP contribution in [0.25, 0.3) is 10.6 Å².